The molecule has 2 aliphatic carbocycles. The summed E-state index contributed by atoms with van der Waals surface area (Å²) in [5.41, 5.74) is 5.57. The summed E-state index contributed by atoms with van der Waals surface area (Å²) in [5, 5.41) is 0. The van der Waals surface area contributed by atoms with Crippen molar-refractivity contribution >= 4 is 22.2 Å². The summed E-state index contributed by atoms with van der Waals surface area (Å²) in [6.45, 7) is 6.72. The number of fused-ring (bicyclic) bond motifs is 4. The highest BCUT2D eigenvalue weighted by atomic mass is 32.2. The molecule has 2 heterocycles. The van der Waals surface area contributed by atoms with Crippen molar-refractivity contribution in [3.63, 3.8) is 0 Å². The smallest absolute Gasteiger partial charge is 0.254 e. The number of nitrogens with zero attached hydrogens (tertiary/aromatic N) is 2. The molecule has 2 aliphatic heterocycles. The average molecular weight is 518 g/mol. The topological polar surface area (TPSA) is 59.0 Å². The van der Waals surface area contributed by atoms with Crippen LogP contribution in [0.5, 0.6) is 5.75 Å². The van der Waals surface area contributed by atoms with Crippen LogP contribution < -0.4 is 9.64 Å². The van der Waals surface area contributed by atoms with Crippen LogP contribution in [-0.2, 0) is 26.6 Å². The van der Waals surface area contributed by atoms with Gasteiger partial charge >= 0.3 is 0 Å². The predicted octanol–water partition coefficient (Wildman–Crippen LogP) is 6.38. The lowest BCUT2D eigenvalue weighted by atomic mass is 9.69. The van der Waals surface area contributed by atoms with Gasteiger partial charge in [0.2, 0.25) is 0 Å². The molecule has 6 heteroatoms. The van der Waals surface area contributed by atoms with Gasteiger partial charge in [0.1, 0.15) is 5.75 Å². The molecule has 1 amide bonds. The highest BCUT2D eigenvalue weighted by Gasteiger charge is 2.43. The molecule has 1 saturated carbocycles. The fourth-order valence-electron chi connectivity index (χ4n) is 6.74. The fourth-order valence-corrected chi connectivity index (χ4v) is 7.73. The molecule has 1 spiro atoms. The van der Waals surface area contributed by atoms with E-state index in [2.05, 4.69) is 53.5 Å². The van der Waals surface area contributed by atoms with Gasteiger partial charge in [-0.05, 0) is 86.6 Å². The summed E-state index contributed by atoms with van der Waals surface area (Å²) in [6.07, 6.45) is 11.3. The lowest BCUT2D eigenvalue weighted by Gasteiger charge is -2.44. The summed E-state index contributed by atoms with van der Waals surface area (Å²) in [4.78, 5) is 15.5. The molecule has 6 rings (SSSR count). The number of aryl methyl sites for hydroxylation is 2. The molecule has 4 aliphatic rings. The minimum atomic E-state index is -1.53. The molecule has 0 unspecified atom stereocenters. The Labute approximate surface area is 222 Å². The van der Waals surface area contributed by atoms with Crippen LogP contribution in [0.25, 0.3) is 0 Å². The molecule has 4 atom stereocenters. The van der Waals surface area contributed by atoms with Crippen LogP contribution in [0.3, 0.4) is 0 Å². The molecule has 196 valence electrons. The largest absolute Gasteiger partial charge is 0.490 e. The third kappa shape index (κ3) is 4.85. The van der Waals surface area contributed by atoms with Crippen LogP contribution in [0.1, 0.15) is 66.1 Å². The molecule has 0 radical (unpaired) electrons. The molecule has 0 saturated heterocycles. The van der Waals surface area contributed by atoms with Crippen molar-refractivity contribution in [2.75, 3.05) is 30.3 Å². The Bertz CT molecular complexity index is 1330. The molecule has 2 aromatic rings. The van der Waals surface area contributed by atoms with Crippen molar-refractivity contribution < 1.29 is 13.7 Å². The summed E-state index contributed by atoms with van der Waals surface area (Å²) in [5.74, 6) is 2.21. The Hall–Kier alpha value is -2.60. The maximum Gasteiger partial charge on any atom is 0.254 e. The van der Waals surface area contributed by atoms with E-state index in [4.69, 9.17) is 4.74 Å². The second kappa shape index (κ2) is 9.94. The van der Waals surface area contributed by atoms with E-state index >= 15 is 0 Å². The molecule has 1 fully saturated rings. The molecule has 5 nitrogen and oxygen atoms in total. The first-order valence-electron chi connectivity index (χ1n) is 13.8. The third-order valence-corrected chi connectivity index (χ3v) is 10.2. The summed E-state index contributed by atoms with van der Waals surface area (Å²) in [7, 11) is -1.53. The van der Waals surface area contributed by atoms with E-state index in [-0.39, 0.29) is 11.3 Å². The Morgan fingerprint density at radius 1 is 1.16 bits per heavy atom. The van der Waals surface area contributed by atoms with E-state index in [9.17, 15) is 9.00 Å². The quantitative estimate of drug-likeness (QED) is 0.301. The van der Waals surface area contributed by atoms with E-state index in [0.717, 1.165) is 50.2 Å². The zero-order chi connectivity index (χ0) is 25.6. The van der Waals surface area contributed by atoms with Gasteiger partial charge in [-0.15, -0.1) is 0 Å². The lowest BCUT2D eigenvalue weighted by molar-refractivity contribution is 0.100. The lowest BCUT2D eigenvalue weighted by Crippen LogP contribution is -2.48. The van der Waals surface area contributed by atoms with E-state index in [0.29, 0.717) is 29.8 Å². The zero-order valence-electron chi connectivity index (χ0n) is 21.9. The Kier molecular flexibility index (Phi) is 6.64. The number of rotatable bonds is 0. The number of hydrogen-bond acceptors (Lipinski definition) is 5. The number of carbonyl (C=O) groups is 1. The van der Waals surface area contributed by atoms with Crippen LogP contribution in [0.4, 0.5) is 5.69 Å². The third-order valence-electron chi connectivity index (χ3n) is 8.94. The Balaban J connectivity index is 1.43. The molecular formula is C31H37N2O3S-. The molecule has 0 aromatic heterocycles. The minimum Gasteiger partial charge on any atom is -0.490 e. The Morgan fingerprint density at radius 3 is 2.89 bits per heavy atom. The van der Waals surface area contributed by atoms with Gasteiger partial charge in [0, 0.05) is 24.1 Å². The number of hydrogen-bond donors (Lipinski definition) is 0. The van der Waals surface area contributed by atoms with Crippen LogP contribution in [0.15, 0.2) is 52.9 Å². The summed E-state index contributed by atoms with van der Waals surface area (Å²) < 4.78 is 23.2. The highest BCUT2D eigenvalue weighted by Crippen LogP contribution is 2.46. The van der Waals surface area contributed by atoms with Gasteiger partial charge < -0.3 is 18.2 Å². The number of amides is 1. The van der Waals surface area contributed by atoms with Crippen molar-refractivity contribution in [2.24, 2.45) is 22.1 Å². The molecule has 37 heavy (non-hydrogen) atoms. The molecular weight excluding hydrogens is 480 g/mol. The maximum absolute atomic E-state index is 13.0. The number of carbonyl (C=O) groups excluding carboxylic acids is 1. The first-order valence-corrected chi connectivity index (χ1v) is 15.1. The fraction of sp³-hybridized carbons (Fsp3) is 0.516. The van der Waals surface area contributed by atoms with Gasteiger partial charge in [0.05, 0.1) is 12.3 Å². The number of ether oxygens (including phenoxy) is 1. The van der Waals surface area contributed by atoms with Crippen molar-refractivity contribution in [3.8, 4) is 5.75 Å². The molecule has 0 N–H and O–H groups in total. The van der Waals surface area contributed by atoms with Gasteiger partial charge in [0.15, 0.2) is 0 Å². The van der Waals surface area contributed by atoms with Crippen LogP contribution >= 0.6 is 0 Å². The van der Waals surface area contributed by atoms with Crippen molar-refractivity contribution in [1.82, 2.24) is 0 Å². The van der Waals surface area contributed by atoms with E-state index in [1.54, 1.807) is 6.07 Å². The van der Waals surface area contributed by atoms with Crippen LogP contribution in [-0.4, -0.2) is 31.4 Å². The van der Waals surface area contributed by atoms with Gasteiger partial charge in [-0.25, -0.2) is 0 Å². The van der Waals surface area contributed by atoms with E-state index in [1.165, 1.54) is 29.5 Å². The van der Waals surface area contributed by atoms with Crippen molar-refractivity contribution in [1.29, 1.82) is 0 Å². The van der Waals surface area contributed by atoms with Gasteiger partial charge in [0.25, 0.3) is 5.91 Å². The normalized spacial score (nSPS) is 30.9. The first-order chi connectivity index (χ1) is 17.9. The van der Waals surface area contributed by atoms with Gasteiger partial charge in [-0.2, -0.15) is 10.6 Å². The standard InChI is InChI=1S/C31H37N2O3S/c1-21-8-12-27-24(15-21)7-4-14-31(27)19-33-17-26-10-9-23(26)6-3-5-22(2)18-37(35)32-30(34)25-11-13-29(36-20-31)28(33)16-25/h3,6,8,11-13,15-16,22-23,26H,4-5,7,9-10,14,17-20H2,1-2H3/q-1/b6-3-/t22-,23+,26-,31-/m0/s1. The Morgan fingerprint density at radius 2 is 2.05 bits per heavy atom. The maximum atomic E-state index is 13.0. The van der Waals surface area contributed by atoms with E-state index < -0.39 is 16.5 Å². The second-order valence-electron chi connectivity index (χ2n) is 11.8. The van der Waals surface area contributed by atoms with Crippen LogP contribution in [0, 0.1) is 24.7 Å². The SMILES string of the molecule is Cc1ccc2c(c1)CCC[C@]21COc2ccc3cc2N(C[C@@H]2CC[C@H]2/C=C\C[C@H](C)C[S-](=O)=NC3=O)C1. The van der Waals surface area contributed by atoms with Crippen LogP contribution in [0.2, 0.25) is 0 Å². The highest BCUT2D eigenvalue weighted by molar-refractivity contribution is 7.75. The van der Waals surface area contributed by atoms with E-state index in [1.807, 2.05) is 12.1 Å². The first kappa shape index (κ1) is 24.7. The number of benzene rings is 2. The number of anilines is 1. The number of allylic oxidation sites excluding steroid dienone is 2. The second-order valence-corrected chi connectivity index (χ2v) is 13.0. The summed E-state index contributed by atoms with van der Waals surface area (Å²) >= 11 is 0. The summed E-state index contributed by atoms with van der Waals surface area (Å²) in [6, 6.07) is 12.6. The van der Waals surface area contributed by atoms with Crippen molar-refractivity contribution in [2.45, 2.75) is 57.8 Å². The van der Waals surface area contributed by atoms with Gasteiger partial charge in [-0.1, -0.05) is 54.5 Å². The molecule has 2 bridgehead atoms. The van der Waals surface area contributed by atoms with Gasteiger partial charge in [-0.3, -0.25) is 4.79 Å². The van der Waals surface area contributed by atoms with Crippen molar-refractivity contribution in [3.05, 3.63) is 70.8 Å². The molecule has 2 aromatic carbocycles. The minimum absolute atomic E-state index is 0.0796. The predicted molar refractivity (Wildman–Crippen MR) is 149 cm³/mol. The zero-order valence-corrected chi connectivity index (χ0v) is 22.8. The monoisotopic (exact) mass is 517 g/mol. The average Bonchev–Trinajstić information content (AvgIpc) is 3.01.